The standard InChI is InChI=1S/C13H12Br2N2O2/c1-18-12-4-10(15)13(5-9(12)14)19-11-2-3-17-7-8(11)6-16/h2-5,7H,6,16H2,1H3. The van der Waals surface area contributed by atoms with Gasteiger partial charge in [0.15, 0.2) is 0 Å². The summed E-state index contributed by atoms with van der Waals surface area (Å²) in [6.07, 6.45) is 3.36. The molecule has 0 atom stereocenters. The van der Waals surface area contributed by atoms with Crippen LogP contribution < -0.4 is 15.2 Å². The van der Waals surface area contributed by atoms with Crippen LogP contribution in [0.15, 0.2) is 39.5 Å². The third kappa shape index (κ3) is 3.26. The Morgan fingerprint density at radius 2 is 1.84 bits per heavy atom. The fraction of sp³-hybridized carbons (Fsp3) is 0.154. The number of hydrogen-bond acceptors (Lipinski definition) is 4. The number of nitrogens with zero attached hydrogens (tertiary/aromatic N) is 1. The molecule has 0 radical (unpaired) electrons. The minimum absolute atomic E-state index is 0.373. The zero-order valence-corrected chi connectivity index (χ0v) is 13.4. The van der Waals surface area contributed by atoms with Gasteiger partial charge in [0.25, 0.3) is 0 Å². The summed E-state index contributed by atoms with van der Waals surface area (Å²) >= 11 is 6.88. The van der Waals surface area contributed by atoms with Gasteiger partial charge in [-0.05, 0) is 50.1 Å². The highest BCUT2D eigenvalue weighted by molar-refractivity contribution is 9.11. The monoisotopic (exact) mass is 386 g/mol. The van der Waals surface area contributed by atoms with Gasteiger partial charge < -0.3 is 15.2 Å². The second kappa shape index (κ2) is 6.36. The van der Waals surface area contributed by atoms with Crippen LogP contribution >= 0.6 is 31.9 Å². The number of hydrogen-bond donors (Lipinski definition) is 1. The smallest absolute Gasteiger partial charge is 0.143 e. The van der Waals surface area contributed by atoms with Crippen molar-refractivity contribution < 1.29 is 9.47 Å². The quantitative estimate of drug-likeness (QED) is 0.865. The van der Waals surface area contributed by atoms with E-state index in [1.807, 2.05) is 12.1 Å². The maximum atomic E-state index is 5.86. The molecule has 0 aliphatic rings. The molecule has 0 fully saturated rings. The van der Waals surface area contributed by atoms with Crippen molar-refractivity contribution in [1.82, 2.24) is 4.98 Å². The predicted octanol–water partition coefficient (Wildman–Crippen LogP) is 3.87. The van der Waals surface area contributed by atoms with E-state index in [2.05, 4.69) is 36.8 Å². The average Bonchev–Trinajstić information content (AvgIpc) is 2.43. The molecule has 19 heavy (non-hydrogen) atoms. The molecule has 1 aromatic carbocycles. The lowest BCUT2D eigenvalue weighted by Crippen LogP contribution is -2.00. The Hall–Kier alpha value is -1.11. The summed E-state index contributed by atoms with van der Waals surface area (Å²) in [5, 5.41) is 0. The van der Waals surface area contributed by atoms with Crippen molar-refractivity contribution in [3.05, 3.63) is 45.1 Å². The summed E-state index contributed by atoms with van der Waals surface area (Å²) in [5.41, 5.74) is 6.51. The first kappa shape index (κ1) is 14.3. The van der Waals surface area contributed by atoms with Crippen molar-refractivity contribution in [2.45, 2.75) is 6.54 Å². The summed E-state index contributed by atoms with van der Waals surface area (Å²) in [7, 11) is 1.61. The lowest BCUT2D eigenvalue weighted by atomic mass is 10.2. The van der Waals surface area contributed by atoms with Gasteiger partial charge in [0.05, 0.1) is 16.1 Å². The number of aromatic nitrogens is 1. The van der Waals surface area contributed by atoms with E-state index >= 15 is 0 Å². The Kier molecular flexibility index (Phi) is 4.79. The highest BCUT2D eigenvalue weighted by atomic mass is 79.9. The Morgan fingerprint density at radius 3 is 2.53 bits per heavy atom. The van der Waals surface area contributed by atoms with Crippen LogP contribution in [0.5, 0.6) is 17.2 Å². The van der Waals surface area contributed by atoms with Crippen LogP contribution in [0.4, 0.5) is 0 Å². The van der Waals surface area contributed by atoms with Crippen molar-refractivity contribution in [2.24, 2.45) is 5.73 Å². The van der Waals surface area contributed by atoms with E-state index in [0.29, 0.717) is 18.0 Å². The first-order valence-electron chi connectivity index (χ1n) is 5.49. The van der Waals surface area contributed by atoms with Crippen LogP contribution in [0, 0.1) is 0 Å². The van der Waals surface area contributed by atoms with Crippen molar-refractivity contribution in [3.8, 4) is 17.2 Å². The molecule has 0 bridgehead atoms. The number of methoxy groups -OCH3 is 1. The molecule has 2 N–H and O–H groups in total. The molecule has 1 aromatic heterocycles. The zero-order valence-electron chi connectivity index (χ0n) is 10.2. The summed E-state index contributed by atoms with van der Waals surface area (Å²) in [6, 6.07) is 5.46. The molecule has 6 heteroatoms. The van der Waals surface area contributed by atoms with Crippen LogP contribution in [0.2, 0.25) is 0 Å². The topological polar surface area (TPSA) is 57.4 Å². The number of halogens is 2. The van der Waals surface area contributed by atoms with Gasteiger partial charge in [-0.15, -0.1) is 0 Å². The minimum atomic E-state index is 0.373. The SMILES string of the molecule is COc1cc(Br)c(Oc2ccncc2CN)cc1Br. The van der Waals surface area contributed by atoms with Crippen LogP contribution in [-0.2, 0) is 6.54 Å². The van der Waals surface area contributed by atoms with Gasteiger partial charge >= 0.3 is 0 Å². The zero-order chi connectivity index (χ0) is 13.8. The van der Waals surface area contributed by atoms with Crippen molar-refractivity contribution in [2.75, 3.05) is 7.11 Å². The lowest BCUT2D eigenvalue weighted by molar-refractivity contribution is 0.409. The molecule has 0 amide bonds. The molecule has 4 nitrogen and oxygen atoms in total. The maximum Gasteiger partial charge on any atom is 0.143 e. The summed E-state index contributed by atoms with van der Waals surface area (Å²) in [5.74, 6) is 2.09. The summed E-state index contributed by atoms with van der Waals surface area (Å²) < 4.78 is 12.7. The Labute approximate surface area is 128 Å². The molecule has 2 aromatic rings. The lowest BCUT2D eigenvalue weighted by Gasteiger charge is -2.12. The number of rotatable bonds is 4. The van der Waals surface area contributed by atoms with E-state index in [1.165, 1.54) is 0 Å². The molecule has 0 aliphatic heterocycles. The number of ether oxygens (including phenoxy) is 2. The highest BCUT2D eigenvalue weighted by Gasteiger charge is 2.11. The molecular weight excluding hydrogens is 376 g/mol. The average molecular weight is 388 g/mol. The normalized spacial score (nSPS) is 10.3. The van der Waals surface area contributed by atoms with E-state index in [4.69, 9.17) is 15.2 Å². The van der Waals surface area contributed by atoms with Crippen LogP contribution in [-0.4, -0.2) is 12.1 Å². The Bertz CT molecular complexity index is 591. The van der Waals surface area contributed by atoms with E-state index in [1.54, 1.807) is 25.6 Å². The highest BCUT2D eigenvalue weighted by Crippen LogP contribution is 2.38. The molecular formula is C13H12Br2N2O2. The Morgan fingerprint density at radius 1 is 1.16 bits per heavy atom. The fourth-order valence-corrected chi connectivity index (χ4v) is 2.42. The van der Waals surface area contributed by atoms with E-state index in [0.717, 1.165) is 20.3 Å². The van der Waals surface area contributed by atoms with Gasteiger partial charge in [0.1, 0.15) is 17.2 Å². The number of nitrogens with two attached hydrogens (primary N) is 1. The predicted molar refractivity (Wildman–Crippen MR) is 80.6 cm³/mol. The van der Waals surface area contributed by atoms with Crippen LogP contribution in [0.3, 0.4) is 0 Å². The molecule has 0 saturated heterocycles. The second-order valence-corrected chi connectivity index (χ2v) is 5.42. The van der Waals surface area contributed by atoms with Gasteiger partial charge in [0, 0.05) is 24.5 Å². The number of pyridine rings is 1. The van der Waals surface area contributed by atoms with Gasteiger partial charge in [-0.25, -0.2) is 0 Å². The molecule has 0 aliphatic carbocycles. The fourth-order valence-electron chi connectivity index (χ4n) is 1.53. The van der Waals surface area contributed by atoms with Gasteiger partial charge in [0.2, 0.25) is 0 Å². The third-order valence-corrected chi connectivity index (χ3v) is 3.74. The first-order valence-corrected chi connectivity index (χ1v) is 7.08. The van der Waals surface area contributed by atoms with E-state index in [-0.39, 0.29) is 0 Å². The molecule has 0 saturated carbocycles. The molecule has 0 unspecified atom stereocenters. The van der Waals surface area contributed by atoms with Crippen molar-refractivity contribution in [3.63, 3.8) is 0 Å². The summed E-state index contributed by atoms with van der Waals surface area (Å²) in [4.78, 5) is 4.02. The maximum absolute atomic E-state index is 5.86. The van der Waals surface area contributed by atoms with Crippen molar-refractivity contribution in [1.29, 1.82) is 0 Å². The number of benzene rings is 1. The Balaban J connectivity index is 2.36. The third-order valence-electron chi connectivity index (χ3n) is 2.50. The molecule has 1 heterocycles. The second-order valence-electron chi connectivity index (χ2n) is 3.71. The van der Waals surface area contributed by atoms with Crippen LogP contribution in [0.1, 0.15) is 5.56 Å². The van der Waals surface area contributed by atoms with Crippen LogP contribution in [0.25, 0.3) is 0 Å². The first-order chi connectivity index (χ1) is 9.15. The molecule has 100 valence electrons. The van der Waals surface area contributed by atoms with Gasteiger partial charge in [-0.2, -0.15) is 0 Å². The largest absolute Gasteiger partial charge is 0.496 e. The van der Waals surface area contributed by atoms with Gasteiger partial charge in [-0.1, -0.05) is 0 Å². The minimum Gasteiger partial charge on any atom is -0.496 e. The molecule has 2 rings (SSSR count). The van der Waals surface area contributed by atoms with E-state index in [9.17, 15) is 0 Å². The van der Waals surface area contributed by atoms with Gasteiger partial charge in [-0.3, -0.25) is 4.98 Å². The summed E-state index contributed by atoms with van der Waals surface area (Å²) in [6.45, 7) is 0.373. The van der Waals surface area contributed by atoms with E-state index < -0.39 is 0 Å². The molecule has 0 spiro atoms. The van der Waals surface area contributed by atoms with Crippen molar-refractivity contribution >= 4 is 31.9 Å².